The van der Waals surface area contributed by atoms with Gasteiger partial charge in [-0.1, -0.05) is 6.08 Å². The van der Waals surface area contributed by atoms with Crippen LogP contribution in [0.4, 0.5) is 5.82 Å². The van der Waals surface area contributed by atoms with Crippen molar-refractivity contribution in [1.82, 2.24) is 14.5 Å². The molecule has 2 aromatic rings. The highest BCUT2D eigenvalue weighted by Crippen LogP contribution is 2.34. The molecule has 1 aliphatic carbocycles. The lowest BCUT2D eigenvalue weighted by Crippen LogP contribution is -2.30. The largest absolute Gasteiger partial charge is 0.392 e. The van der Waals surface area contributed by atoms with Crippen LogP contribution in [0.15, 0.2) is 28.6 Å². The van der Waals surface area contributed by atoms with Gasteiger partial charge in [-0.15, -0.1) is 0 Å². The summed E-state index contributed by atoms with van der Waals surface area (Å²) in [6.07, 6.45) is 2.60. The molecule has 1 aliphatic rings. The van der Waals surface area contributed by atoms with Crippen molar-refractivity contribution >= 4 is 32.8 Å². The molecular weight excluding hydrogens is 328 g/mol. The molecule has 0 spiro atoms. The third-order valence-electron chi connectivity index (χ3n) is 3.52. The third kappa shape index (κ3) is 1.84. The van der Waals surface area contributed by atoms with Crippen LogP contribution in [-0.2, 0) is 0 Å². The maximum absolute atomic E-state index is 10.1. The van der Waals surface area contributed by atoms with Gasteiger partial charge in [0.05, 0.1) is 29.0 Å². The molecule has 0 saturated heterocycles. The van der Waals surface area contributed by atoms with E-state index in [9.17, 15) is 15.3 Å². The van der Waals surface area contributed by atoms with Gasteiger partial charge in [-0.3, -0.25) is 0 Å². The van der Waals surface area contributed by atoms with Crippen LogP contribution in [0.25, 0.3) is 11.0 Å². The number of halogens is 1. The highest BCUT2D eigenvalue weighted by atomic mass is 79.9. The van der Waals surface area contributed by atoms with Crippen molar-refractivity contribution in [3.05, 3.63) is 28.6 Å². The van der Waals surface area contributed by atoms with Gasteiger partial charge in [0.15, 0.2) is 5.82 Å². The minimum absolute atomic E-state index is 0.293. The topological polar surface area (TPSA) is 117 Å². The average Bonchev–Trinajstić information content (AvgIpc) is 2.99. The molecule has 3 atom stereocenters. The maximum Gasteiger partial charge on any atom is 0.151 e. The van der Waals surface area contributed by atoms with E-state index in [1.165, 1.54) is 6.33 Å². The summed E-state index contributed by atoms with van der Waals surface area (Å²) >= 11 is 3.38. The van der Waals surface area contributed by atoms with Gasteiger partial charge in [-0.05, 0) is 21.5 Å². The molecule has 0 bridgehead atoms. The van der Waals surface area contributed by atoms with Crippen LogP contribution >= 0.6 is 15.9 Å². The van der Waals surface area contributed by atoms with Crippen LogP contribution in [0.1, 0.15) is 6.04 Å². The molecule has 0 unspecified atom stereocenters. The van der Waals surface area contributed by atoms with E-state index in [-0.39, 0.29) is 6.61 Å². The predicted octanol–water partition coefficient (Wildman–Crippen LogP) is -0.0288. The number of rotatable bonds is 2. The zero-order valence-corrected chi connectivity index (χ0v) is 11.9. The first-order chi connectivity index (χ1) is 9.54. The molecule has 0 saturated carbocycles. The van der Waals surface area contributed by atoms with Crippen molar-refractivity contribution in [3.8, 4) is 0 Å². The molecule has 0 fully saturated rings. The molecule has 2 aromatic heterocycles. The molecule has 5 N–H and O–H groups in total. The monoisotopic (exact) mass is 340 g/mol. The lowest BCUT2D eigenvalue weighted by atomic mass is 10.1. The lowest BCUT2D eigenvalue weighted by Gasteiger charge is -2.19. The normalized spacial score (nSPS) is 26.2. The van der Waals surface area contributed by atoms with Crippen LogP contribution in [-0.4, -0.2) is 48.7 Å². The number of fused-ring (bicyclic) bond motifs is 1. The second-order valence-electron chi connectivity index (χ2n) is 4.67. The molecule has 106 valence electrons. The highest BCUT2D eigenvalue weighted by Gasteiger charge is 2.36. The van der Waals surface area contributed by atoms with E-state index in [2.05, 4.69) is 25.9 Å². The van der Waals surface area contributed by atoms with Gasteiger partial charge >= 0.3 is 0 Å². The number of aliphatic hydroxyl groups excluding tert-OH is 3. The summed E-state index contributed by atoms with van der Waals surface area (Å²) in [6.45, 7) is -0.299. The van der Waals surface area contributed by atoms with Crippen molar-refractivity contribution in [3.63, 3.8) is 0 Å². The summed E-state index contributed by atoms with van der Waals surface area (Å²) in [7, 11) is 0. The first kappa shape index (κ1) is 13.5. The van der Waals surface area contributed by atoms with Crippen LogP contribution in [0, 0.1) is 0 Å². The predicted molar refractivity (Wildman–Crippen MR) is 75.9 cm³/mol. The van der Waals surface area contributed by atoms with E-state index >= 15 is 0 Å². The number of nitrogens with zero attached hydrogens (tertiary/aromatic N) is 3. The molecule has 3 rings (SSSR count). The highest BCUT2D eigenvalue weighted by molar-refractivity contribution is 9.10. The molecule has 2 heterocycles. The van der Waals surface area contributed by atoms with E-state index < -0.39 is 18.2 Å². The molecule has 8 heteroatoms. The van der Waals surface area contributed by atoms with Gasteiger partial charge < -0.3 is 25.6 Å². The summed E-state index contributed by atoms with van der Waals surface area (Å²) in [5, 5.41) is 29.2. The second-order valence-corrected chi connectivity index (χ2v) is 5.52. The van der Waals surface area contributed by atoms with Crippen LogP contribution < -0.4 is 5.73 Å². The van der Waals surface area contributed by atoms with Crippen molar-refractivity contribution < 1.29 is 15.3 Å². The van der Waals surface area contributed by atoms with Crippen molar-refractivity contribution in [2.45, 2.75) is 18.2 Å². The summed E-state index contributed by atoms with van der Waals surface area (Å²) in [4.78, 5) is 8.19. The lowest BCUT2D eigenvalue weighted by molar-refractivity contribution is 0.0288. The second kappa shape index (κ2) is 4.81. The Labute approximate surface area is 122 Å². The summed E-state index contributed by atoms with van der Waals surface area (Å²) in [6, 6.07) is -0.518. The Hall–Kier alpha value is -1.48. The van der Waals surface area contributed by atoms with Gasteiger partial charge in [0.1, 0.15) is 17.7 Å². The average molecular weight is 341 g/mol. The van der Waals surface area contributed by atoms with Crippen molar-refractivity contribution in [1.29, 1.82) is 0 Å². The first-order valence-electron chi connectivity index (χ1n) is 5.98. The quantitative estimate of drug-likeness (QED) is 0.570. The van der Waals surface area contributed by atoms with Gasteiger partial charge in [0.2, 0.25) is 0 Å². The van der Waals surface area contributed by atoms with Crippen LogP contribution in [0.2, 0.25) is 0 Å². The van der Waals surface area contributed by atoms with Crippen LogP contribution in [0.5, 0.6) is 0 Å². The molecule has 0 amide bonds. The fraction of sp³-hybridized carbons (Fsp3) is 0.333. The zero-order valence-electron chi connectivity index (χ0n) is 10.3. The Balaban J connectivity index is 2.17. The number of nitrogens with two attached hydrogens (primary N) is 1. The van der Waals surface area contributed by atoms with E-state index in [4.69, 9.17) is 5.73 Å². The maximum atomic E-state index is 10.1. The Morgan fingerprint density at radius 3 is 2.75 bits per heavy atom. The minimum atomic E-state index is -1.08. The molecular formula is C12H13BrN4O3. The third-order valence-corrected chi connectivity index (χ3v) is 4.10. The fourth-order valence-electron chi connectivity index (χ4n) is 2.47. The minimum Gasteiger partial charge on any atom is -0.392 e. The zero-order chi connectivity index (χ0) is 14.4. The summed E-state index contributed by atoms with van der Waals surface area (Å²) < 4.78 is 2.39. The van der Waals surface area contributed by atoms with Crippen molar-refractivity contribution in [2.24, 2.45) is 0 Å². The summed E-state index contributed by atoms with van der Waals surface area (Å²) in [5.74, 6) is 0.293. The molecule has 7 nitrogen and oxygen atoms in total. The Kier molecular flexibility index (Phi) is 3.25. The van der Waals surface area contributed by atoms with E-state index in [0.29, 0.717) is 26.9 Å². The molecule has 0 radical (unpaired) electrons. The Bertz CT molecular complexity index is 699. The first-order valence-corrected chi connectivity index (χ1v) is 6.78. The van der Waals surface area contributed by atoms with Gasteiger partial charge in [-0.2, -0.15) is 0 Å². The number of imidazole rings is 1. The number of hydrogen-bond acceptors (Lipinski definition) is 6. The number of aromatic nitrogens is 3. The molecule has 0 aromatic carbocycles. The van der Waals surface area contributed by atoms with Gasteiger partial charge in [0, 0.05) is 6.20 Å². The van der Waals surface area contributed by atoms with Crippen LogP contribution in [0.3, 0.4) is 0 Å². The fourth-order valence-corrected chi connectivity index (χ4v) is 2.97. The number of anilines is 1. The van der Waals surface area contributed by atoms with Crippen molar-refractivity contribution in [2.75, 3.05) is 12.3 Å². The molecule has 20 heavy (non-hydrogen) atoms. The van der Waals surface area contributed by atoms with E-state index in [1.807, 2.05) is 0 Å². The van der Waals surface area contributed by atoms with E-state index in [0.717, 1.165) is 0 Å². The Morgan fingerprint density at radius 2 is 2.10 bits per heavy atom. The van der Waals surface area contributed by atoms with Gasteiger partial charge in [0.25, 0.3) is 0 Å². The number of hydrogen-bond donors (Lipinski definition) is 4. The SMILES string of the molecule is Nc1ncc(Br)c2c1ncn2[C@H]1C=C(CO)[C@H](O)[C@@H]1O. The smallest absolute Gasteiger partial charge is 0.151 e. The standard InChI is InChI=1S/C12H13BrN4O3/c13-6-2-15-12(14)8-9(6)17(4-16-8)7-1-5(3-18)10(19)11(7)20/h1-2,4,7,10-11,18-20H,3H2,(H2,14,15)/t7-,10-,11+/m0/s1. The van der Waals surface area contributed by atoms with Gasteiger partial charge in [-0.25, -0.2) is 9.97 Å². The Morgan fingerprint density at radius 1 is 1.35 bits per heavy atom. The molecule has 0 aliphatic heterocycles. The number of nitrogen functional groups attached to an aromatic ring is 1. The van der Waals surface area contributed by atoms with E-state index in [1.54, 1.807) is 16.8 Å². The number of aliphatic hydroxyl groups is 3. The number of pyridine rings is 1. The summed E-state index contributed by atoms with van der Waals surface area (Å²) in [5.41, 5.74) is 7.37.